The summed E-state index contributed by atoms with van der Waals surface area (Å²) in [5.41, 5.74) is 7.40. The van der Waals surface area contributed by atoms with Crippen LogP contribution >= 0.6 is 23.4 Å². The van der Waals surface area contributed by atoms with Crippen LogP contribution in [0.3, 0.4) is 0 Å². The Morgan fingerprint density at radius 2 is 2.12 bits per heavy atom. The van der Waals surface area contributed by atoms with E-state index in [0.717, 1.165) is 16.3 Å². The van der Waals surface area contributed by atoms with Crippen molar-refractivity contribution < 1.29 is 0 Å². The number of thioether (sulfide) groups is 1. The van der Waals surface area contributed by atoms with Gasteiger partial charge >= 0.3 is 0 Å². The zero-order valence-electron chi connectivity index (χ0n) is 8.56. The zero-order chi connectivity index (χ0) is 11.4. The number of rotatable bonds is 3. The molecule has 82 valence electrons. The number of halogens is 1. The van der Waals surface area contributed by atoms with Crippen molar-refractivity contribution in [2.75, 3.05) is 5.73 Å². The molecule has 0 atom stereocenters. The van der Waals surface area contributed by atoms with Gasteiger partial charge in [0.2, 0.25) is 0 Å². The number of hydrogen-bond acceptors (Lipinski definition) is 3. The Labute approximate surface area is 104 Å². The number of hydrogen-bond donors (Lipinski definition) is 1. The largest absolute Gasteiger partial charge is 0.399 e. The lowest BCUT2D eigenvalue weighted by Gasteiger charge is -2.04. The maximum Gasteiger partial charge on any atom is 0.0963 e. The molecule has 0 amide bonds. The van der Waals surface area contributed by atoms with Gasteiger partial charge in [-0.05, 0) is 29.8 Å². The molecule has 1 heterocycles. The SMILES string of the molecule is Nc1ccc(CSc2ccccn2)c(Cl)c1. The molecule has 0 bridgehead atoms. The average Bonchev–Trinajstić information content (AvgIpc) is 2.29. The molecule has 0 fully saturated rings. The number of anilines is 1. The maximum atomic E-state index is 6.08. The third-order valence-corrected chi connectivity index (χ3v) is 3.43. The van der Waals surface area contributed by atoms with Crippen molar-refractivity contribution in [2.45, 2.75) is 10.8 Å². The quantitative estimate of drug-likeness (QED) is 0.668. The first kappa shape index (κ1) is 11.3. The fourth-order valence-electron chi connectivity index (χ4n) is 1.26. The molecule has 0 aliphatic heterocycles. The van der Waals surface area contributed by atoms with Crippen LogP contribution in [0.15, 0.2) is 47.6 Å². The number of nitrogens with zero attached hydrogens (tertiary/aromatic N) is 1. The van der Waals surface area contributed by atoms with Crippen LogP contribution in [0.4, 0.5) is 5.69 Å². The van der Waals surface area contributed by atoms with Crippen LogP contribution in [-0.2, 0) is 5.75 Å². The van der Waals surface area contributed by atoms with Gasteiger partial charge in [0.15, 0.2) is 0 Å². The molecular weight excluding hydrogens is 240 g/mol. The summed E-state index contributed by atoms with van der Waals surface area (Å²) in [6.45, 7) is 0. The topological polar surface area (TPSA) is 38.9 Å². The summed E-state index contributed by atoms with van der Waals surface area (Å²) in [5, 5.41) is 1.71. The summed E-state index contributed by atoms with van der Waals surface area (Å²) >= 11 is 7.74. The average molecular weight is 251 g/mol. The van der Waals surface area contributed by atoms with E-state index < -0.39 is 0 Å². The van der Waals surface area contributed by atoms with Crippen molar-refractivity contribution >= 4 is 29.1 Å². The van der Waals surface area contributed by atoms with E-state index in [-0.39, 0.29) is 0 Å². The number of nitrogens with two attached hydrogens (primary N) is 1. The van der Waals surface area contributed by atoms with Crippen molar-refractivity contribution in [1.29, 1.82) is 0 Å². The minimum atomic E-state index is 0.691. The molecule has 4 heteroatoms. The Bertz CT molecular complexity index is 474. The van der Waals surface area contributed by atoms with Gasteiger partial charge in [0.05, 0.1) is 5.03 Å². The summed E-state index contributed by atoms with van der Waals surface area (Å²) in [5.74, 6) is 0.802. The van der Waals surface area contributed by atoms with Gasteiger partial charge in [0, 0.05) is 22.7 Å². The second kappa shape index (κ2) is 5.23. The molecule has 0 radical (unpaired) electrons. The minimum absolute atomic E-state index is 0.691. The smallest absolute Gasteiger partial charge is 0.0963 e. The Kier molecular flexibility index (Phi) is 3.70. The monoisotopic (exact) mass is 250 g/mol. The fraction of sp³-hybridized carbons (Fsp3) is 0.0833. The third-order valence-electron chi connectivity index (χ3n) is 2.09. The molecule has 0 unspecified atom stereocenters. The predicted octanol–water partition coefficient (Wildman–Crippen LogP) is 3.61. The van der Waals surface area contributed by atoms with Crippen molar-refractivity contribution in [1.82, 2.24) is 4.98 Å². The molecule has 0 aliphatic carbocycles. The van der Waals surface area contributed by atoms with E-state index in [1.54, 1.807) is 24.0 Å². The number of nitrogen functional groups attached to an aromatic ring is 1. The minimum Gasteiger partial charge on any atom is -0.399 e. The summed E-state index contributed by atoms with van der Waals surface area (Å²) in [7, 11) is 0. The molecule has 2 rings (SSSR count). The Morgan fingerprint density at radius 1 is 1.25 bits per heavy atom. The van der Waals surface area contributed by atoms with E-state index in [1.807, 2.05) is 30.3 Å². The number of pyridine rings is 1. The fourth-order valence-corrected chi connectivity index (χ4v) is 2.47. The second-order valence-electron chi connectivity index (χ2n) is 3.31. The van der Waals surface area contributed by atoms with Gasteiger partial charge in [-0.25, -0.2) is 4.98 Å². The van der Waals surface area contributed by atoms with E-state index in [9.17, 15) is 0 Å². The number of benzene rings is 1. The molecule has 2 nitrogen and oxygen atoms in total. The van der Waals surface area contributed by atoms with Crippen LogP contribution in [0, 0.1) is 0 Å². The maximum absolute atomic E-state index is 6.08. The first-order valence-electron chi connectivity index (χ1n) is 4.83. The third kappa shape index (κ3) is 2.90. The first-order valence-corrected chi connectivity index (χ1v) is 6.20. The second-order valence-corrected chi connectivity index (χ2v) is 4.71. The van der Waals surface area contributed by atoms with Crippen molar-refractivity contribution in [3.05, 3.63) is 53.2 Å². The van der Waals surface area contributed by atoms with E-state index in [0.29, 0.717) is 10.7 Å². The standard InChI is InChI=1S/C12H11ClN2S/c13-11-7-10(14)5-4-9(11)8-16-12-3-1-2-6-15-12/h1-7H,8,14H2. The van der Waals surface area contributed by atoms with Crippen molar-refractivity contribution in [3.8, 4) is 0 Å². The zero-order valence-corrected chi connectivity index (χ0v) is 10.1. The Morgan fingerprint density at radius 3 is 2.81 bits per heavy atom. The molecule has 2 aromatic rings. The molecule has 16 heavy (non-hydrogen) atoms. The van der Waals surface area contributed by atoms with Crippen LogP contribution in [-0.4, -0.2) is 4.98 Å². The number of aromatic nitrogens is 1. The Hall–Kier alpha value is -1.19. The lowest BCUT2D eigenvalue weighted by atomic mass is 10.2. The summed E-state index contributed by atoms with van der Waals surface area (Å²) < 4.78 is 0. The Balaban J connectivity index is 2.05. The van der Waals surface area contributed by atoms with E-state index in [1.165, 1.54) is 0 Å². The first-order chi connectivity index (χ1) is 7.75. The normalized spacial score (nSPS) is 10.3. The lowest BCUT2D eigenvalue weighted by molar-refractivity contribution is 1.13. The highest BCUT2D eigenvalue weighted by Gasteiger charge is 2.02. The van der Waals surface area contributed by atoms with Crippen LogP contribution in [0.1, 0.15) is 5.56 Å². The van der Waals surface area contributed by atoms with Crippen LogP contribution in [0.2, 0.25) is 5.02 Å². The van der Waals surface area contributed by atoms with E-state index in [2.05, 4.69) is 4.98 Å². The molecule has 0 saturated carbocycles. The highest BCUT2D eigenvalue weighted by atomic mass is 35.5. The predicted molar refractivity (Wildman–Crippen MR) is 69.7 cm³/mol. The van der Waals surface area contributed by atoms with Crippen molar-refractivity contribution in [3.63, 3.8) is 0 Å². The molecule has 0 aliphatic rings. The summed E-state index contributed by atoms with van der Waals surface area (Å²) in [6, 6.07) is 11.4. The van der Waals surface area contributed by atoms with Gasteiger partial charge in [-0.15, -0.1) is 11.8 Å². The summed E-state index contributed by atoms with van der Waals surface area (Å²) in [4.78, 5) is 4.24. The van der Waals surface area contributed by atoms with Crippen LogP contribution in [0.5, 0.6) is 0 Å². The van der Waals surface area contributed by atoms with E-state index >= 15 is 0 Å². The van der Waals surface area contributed by atoms with Crippen LogP contribution in [0.25, 0.3) is 0 Å². The highest BCUT2D eigenvalue weighted by Crippen LogP contribution is 2.26. The molecule has 1 aromatic carbocycles. The summed E-state index contributed by atoms with van der Waals surface area (Å²) in [6.07, 6.45) is 1.78. The van der Waals surface area contributed by atoms with Gasteiger partial charge in [-0.2, -0.15) is 0 Å². The van der Waals surface area contributed by atoms with Gasteiger partial charge < -0.3 is 5.73 Å². The molecular formula is C12H11ClN2S. The van der Waals surface area contributed by atoms with Gasteiger partial charge in [-0.1, -0.05) is 23.7 Å². The molecule has 0 spiro atoms. The van der Waals surface area contributed by atoms with Crippen LogP contribution < -0.4 is 5.73 Å². The lowest BCUT2D eigenvalue weighted by Crippen LogP contribution is -1.88. The molecule has 2 N–H and O–H groups in total. The van der Waals surface area contributed by atoms with E-state index in [4.69, 9.17) is 17.3 Å². The molecule has 1 aromatic heterocycles. The van der Waals surface area contributed by atoms with Crippen molar-refractivity contribution in [2.24, 2.45) is 0 Å². The van der Waals surface area contributed by atoms with Gasteiger partial charge in [0.1, 0.15) is 0 Å². The van der Waals surface area contributed by atoms with Gasteiger partial charge in [0.25, 0.3) is 0 Å². The molecule has 0 saturated heterocycles. The highest BCUT2D eigenvalue weighted by molar-refractivity contribution is 7.98. The van der Waals surface area contributed by atoms with Gasteiger partial charge in [-0.3, -0.25) is 0 Å².